The third-order valence-corrected chi connectivity index (χ3v) is 7.61. The van der Waals surface area contributed by atoms with Gasteiger partial charge >= 0.3 is 0 Å². The van der Waals surface area contributed by atoms with Gasteiger partial charge in [-0.3, -0.25) is 14.7 Å². The molecule has 1 unspecified atom stereocenters. The molecule has 0 fully saturated rings. The molecular weight excluding hydrogens is 510 g/mol. The minimum atomic E-state index is -2.81. The van der Waals surface area contributed by atoms with Crippen molar-refractivity contribution in [3.63, 3.8) is 0 Å². The molecule has 1 amide bonds. The van der Waals surface area contributed by atoms with Crippen molar-refractivity contribution in [2.45, 2.75) is 91.2 Å². The molecule has 1 aromatic rings. The molecule has 2 aliphatic heterocycles. The first kappa shape index (κ1) is 32.2. The lowest BCUT2D eigenvalue weighted by Crippen LogP contribution is -2.32. The lowest BCUT2D eigenvalue weighted by atomic mass is 9.93. The molecule has 0 saturated carbocycles. The number of ether oxygens (including phenoxy) is 2. The highest BCUT2D eigenvalue weighted by Crippen LogP contribution is 2.31. The van der Waals surface area contributed by atoms with Crippen LogP contribution in [-0.4, -0.2) is 73.6 Å². The van der Waals surface area contributed by atoms with E-state index >= 15 is 0 Å². The number of hydrogen-bond acceptors (Lipinski definition) is 7. The first-order chi connectivity index (χ1) is 18.1. The number of unbranched alkanes of at least 4 members (excludes halogenated alkanes) is 1. The minimum absolute atomic E-state index is 0.389. The quantitative estimate of drug-likeness (QED) is 0.258. The van der Waals surface area contributed by atoms with Crippen molar-refractivity contribution in [1.82, 2.24) is 9.88 Å². The SMILES string of the molecule is C=NC(=O)C(OC)C1=NCC(C)=C1.CCCC[C@H](CCC)CCN1CCc2sc(OCC(C)(F)F)nc2C1. The van der Waals surface area contributed by atoms with Crippen LogP contribution < -0.4 is 4.74 Å². The van der Waals surface area contributed by atoms with E-state index in [1.165, 1.54) is 61.8 Å². The van der Waals surface area contributed by atoms with Crippen LogP contribution in [0.5, 0.6) is 5.19 Å². The van der Waals surface area contributed by atoms with Crippen LogP contribution >= 0.6 is 11.3 Å². The lowest BCUT2D eigenvalue weighted by Gasteiger charge is -2.27. The summed E-state index contributed by atoms with van der Waals surface area (Å²) in [7, 11) is 1.46. The third kappa shape index (κ3) is 11.0. The largest absolute Gasteiger partial charge is 0.464 e. The van der Waals surface area contributed by atoms with Gasteiger partial charge in [0.2, 0.25) is 0 Å². The summed E-state index contributed by atoms with van der Waals surface area (Å²) in [6, 6.07) is 0. The molecule has 2 atom stereocenters. The highest BCUT2D eigenvalue weighted by Gasteiger charge is 2.26. The van der Waals surface area contributed by atoms with Crippen LogP contribution in [0.25, 0.3) is 0 Å². The molecule has 2 aliphatic rings. The average Bonchev–Trinajstić information content (AvgIpc) is 3.50. The molecule has 38 heavy (non-hydrogen) atoms. The van der Waals surface area contributed by atoms with Crippen molar-refractivity contribution in [2.24, 2.45) is 15.9 Å². The molecule has 3 rings (SSSR count). The zero-order chi connectivity index (χ0) is 28.1. The van der Waals surface area contributed by atoms with E-state index in [1.54, 1.807) is 0 Å². The Kier molecular flexibility index (Phi) is 13.7. The standard InChI is InChI=1S/C19H32F2N2OS.C9H12N2O2/c1-4-6-8-15(7-5-2)9-11-23-12-10-17-16(13-23)22-18(25-17)24-14-19(3,20)21;1-6-4-7(11-5-6)8(13-3)9(12)10-2/h15H,4-14H2,1-3H3;4,8H,2,5H2,1,3H3/t15-;/m0./s1. The monoisotopic (exact) mass is 554 g/mol. The predicted octanol–water partition coefficient (Wildman–Crippen LogP) is 6.16. The molecule has 0 aromatic carbocycles. The zero-order valence-corrected chi connectivity index (χ0v) is 24.4. The number of aliphatic imine (C=N–C) groups is 2. The molecular formula is C28H44F2N4O3S. The number of fused-ring (bicyclic) bond motifs is 1. The highest BCUT2D eigenvalue weighted by atomic mass is 32.1. The van der Waals surface area contributed by atoms with Crippen LogP contribution in [0.1, 0.15) is 76.8 Å². The predicted molar refractivity (Wildman–Crippen MR) is 151 cm³/mol. The van der Waals surface area contributed by atoms with Gasteiger partial charge in [0.05, 0.1) is 18.0 Å². The summed E-state index contributed by atoms with van der Waals surface area (Å²) >= 11 is 1.43. The maximum atomic E-state index is 12.9. The van der Waals surface area contributed by atoms with Crippen molar-refractivity contribution >= 4 is 29.7 Å². The van der Waals surface area contributed by atoms with Crippen molar-refractivity contribution in [2.75, 3.05) is 33.4 Å². The van der Waals surface area contributed by atoms with E-state index in [0.717, 1.165) is 50.2 Å². The smallest absolute Gasteiger partial charge is 0.280 e. The first-order valence-corrected chi connectivity index (χ1v) is 14.4. The Balaban J connectivity index is 0.000000328. The summed E-state index contributed by atoms with van der Waals surface area (Å²) in [4.78, 5) is 26.7. The normalized spacial score (nSPS) is 17.0. The summed E-state index contributed by atoms with van der Waals surface area (Å²) in [5.74, 6) is -2.38. The molecule has 0 bridgehead atoms. The molecule has 214 valence electrons. The molecule has 3 heterocycles. The molecule has 0 saturated heterocycles. The zero-order valence-electron chi connectivity index (χ0n) is 23.6. The van der Waals surface area contributed by atoms with Crippen LogP contribution in [-0.2, 0) is 22.5 Å². The minimum Gasteiger partial charge on any atom is -0.464 e. The Labute approximate surface area is 230 Å². The first-order valence-electron chi connectivity index (χ1n) is 13.6. The van der Waals surface area contributed by atoms with Gasteiger partial charge in [-0.15, -0.1) is 0 Å². The Morgan fingerprint density at radius 2 is 2.05 bits per heavy atom. The van der Waals surface area contributed by atoms with Gasteiger partial charge in [0.15, 0.2) is 12.7 Å². The number of carbonyl (C=O) groups is 1. The van der Waals surface area contributed by atoms with Gasteiger partial charge in [-0.05, 0) is 45.0 Å². The number of aromatic nitrogens is 1. The highest BCUT2D eigenvalue weighted by molar-refractivity contribution is 7.13. The Morgan fingerprint density at radius 1 is 1.29 bits per heavy atom. The van der Waals surface area contributed by atoms with E-state index in [2.05, 4.69) is 40.4 Å². The van der Waals surface area contributed by atoms with Gasteiger partial charge in [0.25, 0.3) is 17.0 Å². The second kappa shape index (κ2) is 16.2. The Bertz CT molecular complexity index is 958. The van der Waals surface area contributed by atoms with Crippen LogP contribution in [0.2, 0.25) is 0 Å². The fraction of sp³-hybridized carbons (Fsp3) is 0.714. The van der Waals surface area contributed by atoms with E-state index in [9.17, 15) is 13.6 Å². The number of amides is 1. The van der Waals surface area contributed by atoms with Gasteiger partial charge in [-0.25, -0.2) is 18.8 Å². The van der Waals surface area contributed by atoms with Crippen molar-refractivity contribution in [1.29, 1.82) is 0 Å². The molecule has 1 aromatic heterocycles. The number of nitrogens with zero attached hydrogens (tertiary/aromatic N) is 4. The van der Waals surface area contributed by atoms with Crippen LogP contribution in [0.4, 0.5) is 8.78 Å². The van der Waals surface area contributed by atoms with Gasteiger partial charge in [0.1, 0.15) is 0 Å². The molecule has 7 nitrogen and oxygen atoms in total. The second-order valence-electron chi connectivity index (χ2n) is 10.2. The van der Waals surface area contributed by atoms with Crippen molar-refractivity contribution < 1.29 is 23.0 Å². The number of carbonyl (C=O) groups excluding carboxylic acids is 1. The van der Waals surface area contributed by atoms with E-state index in [0.29, 0.717) is 17.5 Å². The fourth-order valence-corrected chi connectivity index (χ4v) is 5.42. The molecule has 0 aliphatic carbocycles. The average molecular weight is 555 g/mol. The lowest BCUT2D eigenvalue weighted by molar-refractivity contribution is -0.123. The van der Waals surface area contributed by atoms with E-state index in [4.69, 9.17) is 9.47 Å². The van der Waals surface area contributed by atoms with Gasteiger partial charge in [-0.2, -0.15) is 0 Å². The summed E-state index contributed by atoms with van der Waals surface area (Å²) in [5.41, 5.74) is 2.78. The summed E-state index contributed by atoms with van der Waals surface area (Å²) < 4.78 is 36.0. The van der Waals surface area contributed by atoms with Crippen LogP contribution in [0.15, 0.2) is 21.6 Å². The van der Waals surface area contributed by atoms with Gasteiger partial charge in [0, 0.05) is 32.0 Å². The number of methoxy groups -OCH3 is 1. The maximum absolute atomic E-state index is 12.9. The molecule has 0 spiro atoms. The number of alkyl halides is 2. The van der Waals surface area contributed by atoms with Crippen molar-refractivity contribution in [3.8, 4) is 5.19 Å². The van der Waals surface area contributed by atoms with E-state index < -0.39 is 24.5 Å². The number of thiazole rings is 1. The second-order valence-corrected chi connectivity index (χ2v) is 11.2. The maximum Gasteiger partial charge on any atom is 0.280 e. The third-order valence-electron chi connectivity index (χ3n) is 6.54. The molecule has 0 N–H and O–H groups in total. The van der Waals surface area contributed by atoms with Gasteiger partial charge in [-0.1, -0.05) is 62.9 Å². The summed E-state index contributed by atoms with van der Waals surface area (Å²) in [6.45, 7) is 13.5. The summed E-state index contributed by atoms with van der Waals surface area (Å²) in [5, 5.41) is 0.389. The number of hydrogen-bond donors (Lipinski definition) is 0. The Morgan fingerprint density at radius 3 is 2.63 bits per heavy atom. The molecule has 10 heteroatoms. The Hall–Kier alpha value is -2.04. The van der Waals surface area contributed by atoms with Crippen LogP contribution in [0, 0.1) is 5.92 Å². The van der Waals surface area contributed by atoms with Crippen molar-refractivity contribution in [3.05, 3.63) is 22.2 Å². The van der Waals surface area contributed by atoms with E-state index in [-0.39, 0.29) is 0 Å². The fourth-order valence-electron chi connectivity index (χ4n) is 4.52. The summed E-state index contributed by atoms with van der Waals surface area (Å²) in [6.07, 6.45) is 9.86. The number of halogens is 2. The van der Waals surface area contributed by atoms with Crippen LogP contribution in [0.3, 0.4) is 0 Å². The van der Waals surface area contributed by atoms with Gasteiger partial charge < -0.3 is 9.47 Å². The number of rotatable bonds is 14. The van der Waals surface area contributed by atoms with E-state index in [1.807, 2.05) is 13.0 Å². The topological polar surface area (TPSA) is 76.4 Å². The molecule has 0 radical (unpaired) electrons.